The Hall–Kier alpha value is -4.28. The number of carbonyl (C=O) groups is 1. The third-order valence-electron chi connectivity index (χ3n) is 8.20. The molecule has 1 N–H and O–H groups in total. The summed E-state index contributed by atoms with van der Waals surface area (Å²) in [5.41, 5.74) is 2.14. The van der Waals surface area contributed by atoms with Crippen molar-refractivity contribution in [3.05, 3.63) is 117 Å². The Bertz CT molecular complexity index is 1840. The molecule has 6 rings (SSSR count). The average molecular weight is 600 g/mol. The number of benzene rings is 2. The minimum atomic E-state index is -0.697. The molecular weight excluding hydrogens is 568 g/mol. The van der Waals surface area contributed by atoms with Gasteiger partial charge in [0, 0.05) is 35.4 Å². The molecule has 3 heterocycles. The van der Waals surface area contributed by atoms with Gasteiger partial charge >= 0.3 is 0 Å². The zero-order chi connectivity index (χ0) is 30.1. The zero-order valence-corrected chi connectivity index (χ0v) is 24.7. The van der Waals surface area contributed by atoms with Crippen LogP contribution in [0, 0.1) is 11.6 Å². The number of amides is 1. The number of nitrogens with zero attached hydrogens (tertiary/aromatic N) is 4. The lowest BCUT2D eigenvalue weighted by Gasteiger charge is -2.32. The van der Waals surface area contributed by atoms with E-state index in [0.29, 0.717) is 29.6 Å². The van der Waals surface area contributed by atoms with Crippen LogP contribution in [-0.4, -0.2) is 45.7 Å². The Morgan fingerprint density at radius 3 is 2.47 bits per heavy atom. The Labute approximate surface area is 251 Å². The molecule has 1 saturated carbocycles. The summed E-state index contributed by atoms with van der Waals surface area (Å²) in [6.07, 6.45) is 8.16. The molecule has 0 aliphatic heterocycles. The smallest absolute Gasteiger partial charge is 0.284 e. The van der Waals surface area contributed by atoms with Crippen molar-refractivity contribution >= 4 is 33.1 Å². The fourth-order valence-corrected chi connectivity index (χ4v) is 7.05. The maximum absolute atomic E-state index is 15.3. The van der Waals surface area contributed by atoms with Crippen LogP contribution in [0.25, 0.3) is 15.9 Å². The number of nitrogens with one attached hydrogen (secondary N) is 1. The van der Waals surface area contributed by atoms with E-state index in [4.69, 9.17) is 0 Å². The first-order valence-electron chi connectivity index (χ1n) is 14.2. The van der Waals surface area contributed by atoms with Gasteiger partial charge in [0.15, 0.2) is 0 Å². The molecular formula is C33H31F2N5O2S. The first-order chi connectivity index (χ1) is 20.8. The molecule has 0 atom stereocenters. The number of halogens is 2. The van der Waals surface area contributed by atoms with Crippen LogP contribution in [0.4, 0.5) is 14.5 Å². The molecule has 1 aliphatic carbocycles. The quantitative estimate of drug-likeness (QED) is 0.230. The topological polar surface area (TPSA) is 80.1 Å². The van der Waals surface area contributed by atoms with Crippen LogP contribution in [0.2, 0.25) is 0 Å². The second-order valence-corrected chi connectivity index (χ2v) is 12.3. The van der Waals surface area contributed by atoms with Gasteiger partial charge in [0.1, 0.15) is 17.2 Å². The van der Waals surface area contributed by atoms with E-state index in [1.165, 1.54) is 60.3 Å². The number of fused-ring (bicyclic) bond motifs is 1. The van der Waals surface area contributed by atoms with Gasteiger partial charge in [-0.05, 0) is 111 Å². The number of aromatic nitrogens is 3. The molecule has 0 radical (unpaired) electrons. The first-order valence-corrected chi connectivity index (χ1v) is 15.1. The normalized spacial score (nSPS) is 17.0. The summed E-state index contributed by atoms with van der Waals surface area (Å²) in [5, 5.41) is 6.60. The fraction of sp³-hybridized carbons (Fsp3) is 0.273. The summed E-state index contributed by atoms with van der Waals surface area (Å²) in [6, 6.07) is 15.8. The van der Waals surface area contributed by atoms with Gasteiger partial charge in [-0.2, -0.15) is 9.78 Å². The molecule has 7 nitrogen and oxygen atoms in total. The molecule has 1 amide bonds. The van der Waals surface area contributed by atoms with E-state index < -0.39 is 23.1 Å². The minimum absolute atomic E-state index is 0.174. The highest BCUT2D eigenvalue weighted by Gasteiger charge is 2.25. The second-order valence-electron chi connectivity index (χ2n) is 11.2. The number of hydrogen-bond donors (Lipinski definition) is 1. The number of anilines is 1. The van der Waals surface area contributed by atoms with E-state index >= 15 is 4.39 Å². The van der Waals surface area contributed by atoms with E-state index in [9.17, 15) is 14.0 Å². The van der Waals surface area contributed by atoms with Crippen molar-refractivity contribution < 1.29 is 13.6 Å². The molecule has 0 unspecified atom stereocenters. The van der Waals surface area contributed by atoms with Crippen LogP contribution in [0.3, 0.4) is 0 Å². The lowest BCUT2D eigenvalue weighted by atomic mass is 9.84. The van der Waals surface area contributed by atoms with Crippen molar-refractivity contribution in [2.45, 2.75) is 44.1 Å². The van der Waals surface area contributed by atoms with Gasteiger partial charge in [0.2, 0.25) is 0 Å². The van der Waals surface area contributed by atoms with Crippen molar-refractivity contribution in [1.82, 2.24) is 19.7 Å². The lowest BCUT2D eigenvalue weighted by Crippen LogP contribution is -2.31. The van der Waals surface area contributed by atoms with Crippen molar-refractivity contribution in [3.63, 3.8) is 0 Å². The number of pyridine rings is 1. The van der Waals surface area contributed by atoms with Gasteiger partial charge in [-0.15, -0.1) is 11.3 Å². The Morgan fingerprint density at radius 1 is 0.977 bits per heavy atom. The van der Waals surface area contributed by atoms with Crippen LogP contribution < -0.4 is 10.9 Å². The zero-order valence-electron chi connectivity index (χ0n) is 23.9. The molecule has 1 fully saturated rings. The maximum atomic E-state index is 15.3. The highest BCUT2D eigenvalue weighted by atomic mass is 32.1. The van der Waals surface area contributed by atoms with Crippen LogP contribution in [0.15, 0.2) is 77.9 Å². The Morgan fingerprint density at radius 2 is 1.74 bits per heavy atom. The number of thiophene rings is 1. The Balaban J connectivity index is 1.17. The van der Waals surface area contributed by atoms with E-state index in [2.05, 4.69) is 40.5 Å². The van der Waals surface area contributed by atoms with E-state index in [-0.39, 0.29) is 11.3 Å². The number of carbonyl (C=O) groups excluding carboxylic acids is 1. The van der Waals surface area contributed by atoms with Gasteiger partial charge in [-0.1, -0.05) is 6.07 Å². The monoisotopic (exact) mass is 599 g/mol. The lowest BCUT2D eigenvalue weighted by molar-refractivity contribution is 0.102. The van der Waals surface area contributed by atoms with Crippen molar-refractivity contribution in [2.75, 3.05) is 19.4 Å². The number of rotatable bonds is 7. The molecule has 5 aromatic rings. The summed E-state index contributed by atoms with van der Waals surface area (Å²) in [5.74, 6) is -1.08. The predicted molar refractivity (Wildman–Crippen MR) is 165 cm³/mol. The van der Waals surface area contributed by atoms with Crippen LogP contribution in [0.1, 0.15) is 58.0 Å². The van der Waals surface area contributed by atoms with Gasteiger partial charge < -0.3 is 10.2 Å². The molecule has 0 bridgehead atoms. The van der Waals surface area contributed by atoms with E-state index in [1.807, 2.05) is 6.07 Å². The molecule has 10 heteroatoms. The highest BCUT2D eigenvalue weighted by Crippen LogP contribution is 2.40. The molecule has 3 aromatic heterocycles. The third kappa shape index (κ3) is 6.11. The number of hydrogen-bond acceptors (Lipinski definition) is 6. The van der Waals surface area contributed by atoms with Gasteiger partial charge in [0.05, 0.1) is 15.9 Å². The second kappa shape index (κ2) is 12.1. The molecule has 0 spiro atoms. The van der Waals surface area contributed by atoms with E-state index in [0.717, 1.165) is 33.3 Å². The fourth-order valence-electron chi connectivity index (χ4n) is 5.75. The summed E-state index contributed by atoms with van der Waals surface area (Å²) >= 11 is 1.77. The van der Waals surface area contributed by atoms with Gasteiger partial charge in [-0.3, -0.25) is 14.6 Å². The molecule has 0 saturated heterocycles. The molecule has 220 valence electrons. The summed E-state index contributed by atoms with van der Waals surface area (Å²) in [4.78, 5) is 34.1. The van der Waals surface area contributed by atoms with Crippen LogP contribution >= 0.6 is 11.3 Å². The van der Waals surface area contributed by atoms with Gasteiger partial charge in [0.25, 0.3) is 11.5 Å². The standard InChI is InChI=1S/C33H31F2N5O2S/c1-39(2)25-9-4-20(5-10-25)30-19-29-31(43-30)22(13-15-36-29)17-21-3-8-24(18-28(21)35)38-32(41)27-14-16-37-40(33(27)42)26-11-6-23(34)7-12-26/h3,6-8,11-16,18-20,25H,4-5,9-10,17H2,1-2H3,(H,38,41). The summed E-state index contributed by atoms with van der Waals surface area (Å²) in [7, 11) is 4.30. The summed E-state index contributed by atoms with van der Waals surface area (Å²) in [6.45, 7) is 0. The van der Waals surface area contributed by atoms with Crippen LogP contribution in [-0.2, 0) is 6.42 Å². The highest BCUT2D eigenvalue weighted by molar-refractivity contribution is 7.19. The van der Waals surface area contributed by atoms with Crippen molar-refractivity contribution in [3.8, 4) is 5.69 Å². The SMILES string of the molecule is CN(C)C1CCC(c2cc3nccc(Cc4ccc(NC(=O)c5ccnn(-c6ccc(F)cc6)c5=O)cc4F)c3s2)CC1. The molecule has 1 aliphatic rings. The third-order valence-corrected chi connectivity index (χ3v) is 9.56. The van der Waals surface area contributed by atoms with Crippen LogP contribution in [0.5, 0.6) is 0 Å². The van der Waals surface area contributed by atoms with Crippen molar-refractivity contribution in [2.24, 2.45) is 0 Å². The largest absolute Gasteiger partial charge is 0.322 e. The Kier molecular flexibility index (Phi) is 8.14. The average Bonchev–Trinajstić information content (AvgIpc) is 3.45. The first kappa shape index (κ1) is 28.8. The minimum Gasteiger partial charge on any atom is -0.322 e. The van der Waals surface area contributed by atoms with Crippen molar-refractivity contribution in [1.29, 1.82) is 0 Å². The predicted octanol–water partition coefficient (Wildman–Crippen LogP) is 6.55. The van der Waals surface area contributed by atoms with E-state index in [1.54, 1.807) is 29.7 Å². The van der Waals surface area contributed by atoms with Gasteiger partial charge in [-0.25, -0.2) is 8.78 Å². The summed E-state index contributed by atoms with van der Waals surface area (Å²) < 4.78 is 30.7. The maximum Gasteiger partial charge on any atom is 0.284 e. The molecule has 2 aromatic carbocycles. The molecule has 43 heavy (non-hydrogen) atoms.